The minimum atomic E-state index is -0.335. The molecule has 0 atom stereocenters. The molecule has 0 bridgehead atoms. The quantitative estimate of drug-likeness (QED) is 0.529. The largest absolute Gasteiger partial charge is 0.356 e. The number of fused-ring (bicyclic) bond motifs is 1. The normalized spacial score (nSPS) is 15.4. The average molecular weight is 448 g/mol. The number of anilines is 1. The highest BCUT2D eigenvalue weighted by atomic mass is 19.1. The van der Waals surface area contributed by atoms with Gasteiger partial charge in [-0.2, -0.15) is 0 Å². The van der Waals surface area contributed by atoms with Crippen LogP contribution in [0.3, 0.4) is 0 Å². The van der Waals surface area contributed by atoms with Crippen molar-refractivity contribution >= 4 is 30.5 Å². The molecule has 1 fully saturated rings. The maximum Gasteiger partial charge on any atom is 0.228 e. The van der Waals surface area contributed by atoms with Gasteiger partial charge >= 0.3 is 0 Å². The van der Waals surface area contributed by atoms with Crippen molar-refractivity contribution in [3.05, 3.63) is 59.0 Å². The van der Waals surface area contributed by atoms with Crippen molar-refractivity contribution in [3.63, 3.8) is 0 Å². The molecule has 0 aliphatic carbocycles. The van der Waals surface area contributed by atoms with Crippen LogP contribution in [0.4, 0.5) is 10.1 Å². The molecular weight excluding hydrogens is 418 g/mol. The van der Waals surface area contributed by atoms with Crippen molar-refractivity contribution in [1.82, 2.24) is 14.9 Å². The minimum absolute atomic E-state index is 0.160. The SMILES string of the molecule is [B]N1CCC(CCc2noc3c(CN(C)C)c(CC(=O)Nc4ccc(F)cc4)ccc23)CC1. The molecule has 172 valence electrons. The van der Waals surface area contributed by atoms with E-state index in [9.17, 15) is 9.18 Å². The van der Waals surface area contributed by atoms with Crippen LogP contribution < -0.4 is 5.32 Å². The molecular formula is C25H30BFN4O2. The predicted octanol–water partition coefficient (Wildman–Crippen LogP) is 3.94. The average Bonchev–Trinajstić information content (AvgIpc) is 3.19. The van der Waals surface area contributed by atoms with Gasteiger partial charge in [-0.15, -0.1) is 0 Å². The number of aromatic nitrogens is 1. The Morgan fingerprint density at radius 2 is 1.94 bits per heavy atom. The van der Waals surface area contributed by atoms with Crippen molar-refractivity contribution in [3.8, 4) is 0 Å². The third kappa shape index (κ3) is 6.00. The van der Waals surface area contributed by atoms with Crippen LogP contribution in [0.5, 0.6) is 0 Å². The first-order valence-electron chi connectivity index (χ1n) is 11.5. The zero-order chi connectivity index (χ0) is 23.4. The maximum absolute atomic E-state index is 13.1. The molecule has 0 spiro atoms. The van der Waals surface area contributed by atoms with E-state index in [1.807, 2.05) is 31.0 Å². The summed E-state index contributed by atoms with van der Waals surface area (Å²) in [4.78, 5) is 16.6. The lowest BCUT2D eigenvalue weighted by atomic mass is 9.90. The van der Waals surface area contributed by atoms with Crippen LogP contribution in [0, 0.1) is 11.7 Å². The fourth-order valence-electron chi connectivity index (χ4n) is 4.48. The van der Waals surface area contributed by atoms with Crippen molar-refractivity contribution in [2.75, 3.05) is 32.5 Å². The van der Waals surface area contributed by atoms with Crippen molar-refractivity contribution in [2.24, 2.45) is 5.92 Å². The van der Waals surface area contributed by atoms with Crippen molar-refractivity contribution in [1.29, 1.82) is 0 Å². The first kappa shape index (κ1) is 23.5. The van der Waals surface area contributed by atoms with Gasteiger partial charge in [0.05, 0.1) is 12.1 Å². The standard InChI is InChI=1S/C25H30BFN4O2/c1-30(2)16-22-18(15-24(32)28-20-7-5-19(27)6-8-20)4-9-21-23(29-33-25(21)22)10-3-17-11-13-31(26)14-12-17/h4-9,17H,3,10-16H2,1-2H3,(H,28,32). The summed E-state index contributed by atoms with van der Waals surface area (Å²) in [5.41, 5.74) is 4.17. The van der Waals surface area contributed by atoms with Crippen molar-refractivity contribution in [2.45, 2.75) is 38.6 Å². The van der Waals surface area contributed by atoms with Crippen LogP contribution >= 0.6 is 0 Å². The second-order valence-electron chi connectivity index (χ2n) is 9.20. The number of nitrogens with one attached hydrogen (secondary N) is 1. The summed E-state index contributed by atoms with van der Waals surface area (Å²) in [6, 6.07) is 9.78. The lowest BCUT2D eigenvalue weighted by Crippen LogP contribution is -2.31. The molecule has 33 heavy (non-hydrogen) atoms. The maximum atomic E-state index is 13.1. The molecule has 8 heteroatoms. The molecule has 2 aromatic carbocycles. The molecule has 3 aromatic rings. The topological polar surface area (TPSA) is 61.6 Å². The first-order chi connectivity index (χ1) is 15.9. The molecule has 1 N–H and O–H groups in total. The van der Waals surface area contributed by atoms with Crippen LogP contribution in [0.25, 0.3) is 11.0 Å². The fourth-order valence-corrected chi connectivity index (χ4v) is 4.48. The van der Waals surface area contributed by atoms with E-state index in [0.717, 1.165) is 66.6 Å². The molecule has 1 saturated heterocycles. The monoisotopic (exact) mass is 448 g/mol. The summed E-state index contributed by atoms with van der Waals surface area (Å²) in [5, 5.41) is 8.25. The number of amides is 1. The van der Waals surface area contributed by atoms with E-state index in [1.165, 1.54) is 12.1 Å². The van der Waals surface area contributed by atoms with E-state index < -0.39 is 0 Å². The number of carbonyl (C=O) groups excluding carboxylic acids is 1. The van der Waals surface area contributed by atoms with Crippen LogP contribution in [0.2, 0.25) is 0 Å². The number of nitrogens with zero attached hydrogens (tertiary/aromatic N) is 3. The number of benzene rings is 2. The number of rotatable bonds is 8. The molecule has 2 radical (unpaired) electrons. The Morgan fingerprint density at radius 1 is 1.21 bits per heavy atom. The zero-order valence-corrected chi connectivity index (χ0v) is 19.3. The Hall–Kier alpha value is -2.71. The van der Waals surface area contributed by atoms with Gasteiger partial charge in [0.2, 0.25) is 5.91 Å². The number of hydrogen-bond acceptors (Lipinski definition) is 5. The Kier molecular flexibility index (Phi) is 7.45. The second kappa shape index (κ2) is 10.5. The van der Waals surface area contributed by atoms with Gasteiger partial charge in [-0.1, -0.05) is 11.2 Å². The number of halogens is 1. The van der Waals surface area contributed by atoms with E-state index in [-0.39, 0.29) is 18.1 Å². The smallest absolute Gasteiger partial charge is 0.228 e. The van der Waals surface area contributed by atoms with E-state index in [0.29, 0.717) is 18.2 Å². The molecule has 1 aliphatic rings. The number of hydrogen-bond donors (Lipinski definition) is 1. The third-order valence-electron chi connectivity index (χ3n) is 6.31. The summed E-state index contributed by atoms with van der Waals surface area (Å²) in [6.45, 7) is 2.53. The summed E-state index contributed by atoms with van der Waals surface area (Å²) in [5.74, 6) is 0.164. The molecule has 4 rings (SSSR count). The van der Waals surface area contributed by atoms with Crippen LogP contribution in [0.15, 0.2) is 40.9 Å². The third-order valence-corrected chi connectivity index (χ3v) is 6.31. The molecule has 1 aliphatic heterocycles. The van der Waals surface area contributed by atoms with Gasteiger partial charge in [-0.05, 0) is 94.7 Å². The van der Waals surface area contributed by atoms with Gasteiger partial charge in [-0.25, -0.2) is 4.39 Å². The van der Waals surface area contributed by atoms with E-state index in [1.54, 1.807) is 12.1 Å². The fraction of sp³-hybridized carbons (Fsp3) is 0.440. The molecule has 0 unspecified atom stereocenters. The molecule has 6 nitrogen and oxygen atoms in total. The van der Waals surface area contributed by atoms with Crippen LogP contribution in [-0.4, -0.2) is 55.9 Å². The van der Waals surface area contributed by atoms with Gasteiger partial charge in [0.1, 0.15) is 5.82 Å². The Bertz CT molecular complexity index is 1090. The van der Waals surface area contributed by atoms with E-state index in [4.69, 9.17) is 12.5 Å². The summed E-state index contributed by atoms with van der Waals surface area (Å²) in [7, 11) is 9.85. The predicted molar refractivity (Wildman–Crippen MR) is 129 cm³/mol. The molecule has 1 amide bonds. The van der Waals surface area contributed by atoms with Crippen LogP contribution in [0.1, 0.15) is 36.1 Å². The van der Waals surface area contributed by atoms with Crippen molar-refractivity contribution < 1.29 is 13.7 Å². The number of piperidine rings is 1. The Balaban J connectivity index is 1.50. The summed E-state index contributed by atoms with van der Waals surface area (Å²) < 4.78 is 18.9. The van der Waals surface area contributed by atoms with Gasteiger partial charge in [0.25, 0.3) is 0 Å². The summed E-state index contributed by atoms with van der Waals surface area (Å²) >= 11 is 0. The molecule has 1 aromatic heterocycles. The van der Waals surface area contributed by atoms with Gasteiger partial charge in [-0.3, -0.25) is 4.79 Å². The highest BCUT2D eigenvalue weighted by Crippen LogP contribution is 2.29. The van der Waals surface area contributed by atoms with Crippen LogP contribution in [-0.2, 0) is 24.2 Å². The van der Waals surface area contributed by atoms with E-state index in [2.05, 4.69) is 15.4 Å². The zero-order valence-electron chi connectivity index (χ0n) is 19.3. The summed E-state index contributed by atoms with van der Waals surface area (Å²) in [6.07, 6.45) is 4.37. The number of aryl methyl sites for hydroxylation is 1. The molecule has 2 heterocycles. The second-order valence-corrected chi connectivity index (χ2v) is 9.20. The highest BCUT2D eigenvalue weighted by Gasteiger charge is 2.21. The highest BCUT2D eigenvalue weighted by molar-refractivity contribution is 6.04. The lowest BCUT2D eigenvalue weighted by molar-refractivity contribution is -0.115. The van der Waals surface area contributed by atoms with Gasteiger partial charge < -0.3 is 19.6 Å². The Morgan fingerprint density at radius 3 is 2.64 bits per heavy atom. The Labute approximate surface area is 195 Å². The number of carbonyl (C=O) groups is 1. The minimum Gasteiger partial charge on any atom is -0.356 e. The van der Waals surface area contributed by atoms with Gasteiger partial charge in [0, 0.05) is 23.2 Å². The first-order valence-corrected chi connectivity index (χ1v) is 11.5. The molecule has 0 saturated carbocycles. The van der Waals surface area contributed by atoms with Gasteiger partial charge in [0.15, 0.2) is 13.6 Å². The van der Waals surface area contributed by atoms with E-state index >= 15 is 0 Å². The lowest BCUT2D eigenvalue weighted by Gasteiger charge is -2.29.